The SMILES string of the molecule is COC(=O)[C@@H](NC(C)=O)[C@H](NC(C)=O)C(=O)OC. The van der Waals surface area contributed by atoms with Crippen LogP contribution in [0, 0.1) is 0 Å². The maximum Gasteiger partial charge on any atom is 0.331 e. The molecular weight excluding hydrogens is 244 g/mol. The fourth-order valence-corrected chi connectivity index (χ4v) is 1.25. The van der Waals surface area contributed by atoms with E-state index in [1.807, 2.05) is 0 Å². The van der Waals surface area contributed by atoms with Crippen molar-refractivity contribution in [1.29, 1.82) is 0 Å². The van der Waals surface area contributed by atoms with Gasteiger partial charge in [-0.2, -0.15) is 0 Å². The van der Waals surface area contributed by atoms with Gasteiger partial charge < -0.3 is 20.1 Å². The van der Waals surface area contributed by atoms with Gasteiger partial charge >= 0.3 is 11.9 Å². The Labute approximate surface area is 104 Å². The molecule has 0 aliphatic carbocycles. The zero-order valence-corrected chi connectivity index (χ0v) is 10.6. The van der Waals surface area contributed by atoms with Crippen molar-refractivity contribution in [2.24, 2.45) is 0 Å². The molecule has 0 unspecified atom stereocenters. The third-order valence-electron chi connectivity index (χ3n) is 1.96. The molecule has 0 saturated carbocycles. The average Bonchev–Trinajstić information content (AvgIpc) is 2.30. The minimum Gasteiger partial charge on any atom is -0.467 e. The van der Waals surface area contributed by atoms with Gasteiger partial charge in [0.15, 0.2) is 12.1 Å². The van der Waals surface area contributed by atoms with Crippen molar-refractivity contribution in [2.75, 3.05) is 14.2 Å². The summed E-state index contributed by atoms with van der Waals surface area (Å²) in [6, 6.07) is -2.69. The molecule has 0 rings (SSSR count). The molecule has 0 fully saturated rings. The third kappa shape index (κ3) is 4.81. The van der Waals surface area contributed by atoms with Crippen LogP contribution in [0.5, 0.6) is 0 Å². The molecule has 0 spiro atoms. The van der Waals surface area contributed by atoms with Crippen LogP contribution in [0.25, 0.3) is 0 Å². The predicted molar refractivity (Wildman–Crippen MR) is 59.2 cm³/mol. The minimum atomic E-state index is -1.34. The summed E-state index contributed by atoms with van der Waals surface area (Å²) >= 11 is 0. The second kappa shape index (κ2) is 7.25. The van der Waals surface area contributed by atoms with Gasteiger partial charge in [-0.15, -0.1) is 0 Å². The van der Waals surface area contributed by atoms with Crippen LogP contribution in [0.15, 0.2) is 0 Å². The Morgan fingerprint density at radius 3 is 1.22 bits per heavy atom. The van der Waals surface area contributed by atoms with Gasteiger partial charge in [0.1, 0.15) is 0 Å². The molecule has 0 aromatic carbocycles. The summed E-state index contributed by atoms with van der Waals surface area (Å²) in [5.74, 6) is -2.84. The molecule has 2 N–H and O–H groups in total. The first-order valence-corrected chi connectivity index (χ1v) is 5.03. The van der Waals surface area contributed by atoms with Crippen molar-refractivity contribution < 1.29 is 28.7 Å². The molecule has 2 atom stereocenters. The topological polar surface area (TPSA) is 111 Å². The van der Waals surface area contributed by atoms with Gasteiger partial charge in [0.05, 0.1) is 14.2 Å². The number of amides is 2. The molecule has 0 aliphatic rings. The number of nitrogens with one attached hydrogen (secondary N) is 2. The fraction of sp³-hybridized carbons (Fsp3) is 0.600. The molecule has 0 heterocycles. The smallest absolute Gasteiger partial charge is 0.331 e. The lowest BCUT2D eigenvalue weighted by atomic mass is 10.1. The number of rotatable bonds is 5. The maximum absolute atomic E-state index is 11.5. The Hall–Kier alpha value is -2.12. The lowest BCUT2D eigenvalue weighted by Crippen LogP contribution is -2.59. The van der Waals surface area contributed by atoms with Gasteiger partial charge in [0.25, 0.3) is 0 Å². The Balaban J connectivity index is 5.17. The highest BCUT2D eigenvalue weighted by Crippen LogP contribution is 2.00. The number of esters is 2. The largest absolute Gasteiger partial charge is 0.467 e. The van der Waals surface area contributed by atoms with Crippen molar-refractivity contribution in [2.45, 2.75) is 25.9 Å². The monoisotopic (exact) mass is 260 g/mol. The third-order valence-corrected chi connectivity index (χ3v) is 1.96. The average molecular weight is 260 g/mol. The standard InChI is InChI=1S/C10H16N2O6/c1-5(13)11-7(9(15)17-3)8(10(16)18-4)12-6(2)14/h7-8H,1-4H3,(H,11,13)(H,12,14)/t7-,8-/m0/s1. The number of hydrogen-bond acceptors (Lipinski definition) is 6. The molecule has 102 valence electrons. The van der Waals surface area contributed by atoms with E-state index in [0.29, 0.717) is 0 Å². The highest BCUT2D eigenvalue weighted by Gasteiger charge is 2.36. The lowest BCUT2D eigenvalue weighted by Gasteiger charge is -2.23. The van der Waals surface area contributed by atoms with Crippen molar-refractivity contribution in [3.05, 3.63) is 0 Å². The highest BCUT2D eigenvalue weighted by atomic mass is 16.5. The summed E-state index contributed by atoms with van der Waals surface area (Å²) in [7, 11) is 2.19. The summed E-state index contributed by atoms with van der Waals surface area (Å²) in [4.78, 5) is 45.0. The molecule has 0 bridgehead atoms. The van der Waals surface area contributed by atoms with Crippen LogP contribution in [0.3, 0.4) is 0 Å². The number of carbonyl (C=O) groups is 4. The molecular formula is C10H16N2O6. The number of methoxy groups -OCH3 is 2. The second-order valence-electron chi connectivity index (χ2n) is 3.40. The molecule has 8 nitrogen and oxygen atoms in total. The van der Waals surface area contributed by atoms with Gasteiger partial charge in [0.2, 0.25) is 11.8 Å². The van der Waals surface area contributed by atoms with E-state index in [0.717, 1.165) is 28.1 Å². The van der Waals surface area contributed by atoms with Crippen molar-refractivity contribution >= 4 is 23.8 Å². The van der Waals surface area contributed by atoms with Crippen LogP contribution < -0.4 is 10.6 Å². The molecule has 0 saturated heterocycles. The van der Waals surface area contributed by atoms with Crippen LogP contribution in [0.2, 0.25) is 0 Å². The number of ether oxygens (including phenoxy) is 2. The molecule has 8 heteroatoms. The first-order chi connectivity index (χ1) is 8.33. The van der Waals surface area contributed by atoms with Gasteiger partial charge in [-0.05, 0) is 0 Å². The molecule has 0 aliphatic heterocycles. The van der Waals surface area contributed by atoms with E-state index in [1.54, 1.807) is 0 Å². The first kappa shape index (κ1) is 15.9. The minimum absolute atomic E-state index is 0.551. The Kier molecular flexibility index (Phi) is 6.40. The summed E-state index contributed by atoms with van der Waals surface area (Å²) in [6.45, 7) is 2.33. The molecule has 18 heavy (non-hydrogen) atoms. The van der Waals surface area contributed by atoms with E-state index in [9.17, 15) is 19.2 Å². The van der Waals surface area contributed by atoms with E-state index in [-0.39, 0.29) is 0 Å². The van der Waals surface area contributed by atoms with E-state index in [1.165, 1.54) is 0 Å². The van der Waals surface area contributed by atoms with Crippen LogP contribution in [0.1, 0.15) is 13.8 Å². The number of hydrogen-bond donors (Lipinski definition) is 2. The van der Waals surface area contributed by atoms with Gasteiger partial charge in [-0.3, -0.25) is 9.59 Å². The Morgan fingerprint density at radius 1 is 0.778 bits per heavy atom. The maximum atomic E-state index is 11.5. The number of carbonyl (C=O) groups excluding carboxylic acids is 4. The van der Waals surface area contributed by atoms with E-state index < -0.39 is 35.8 Å². The van der Waals surface area contributed by atoms with E-state index >= 15 is 0 Å². The van der Waals surface area contributed by atoms with Gasteiger partial charge in [0, 0.05) is 13.8 Å². The van der Waals surface area contributed by atoms with Crippen molar-refractivity contribution in [3.8, 4) is 0 Å². The summed E-state index contributed by atoms with van der Waals surface area (Å²) in [5, 5.41) is 4.44. The van der Waals surface area contributed by atoms with E-state index in [4.69, 9.17) is 0 Å². The quantitative estimate of drug-likeness (QED) is 0.572. The van der Waals surface area contributed by atoms with Crippen LogP contribution in [-0.4, -0.2) is 50.1 Å². The van der Waals surface area contributed by atoms with E-state index in [2.05, 4.69) is 20.1 Å². The summed E-state index contributed by atoms with van der Waals surface area (Å²) in [5.41, 5.74) is 0. The predicted octanol–water partition coefficient (Wildman–Crippen LogP) is -1.66. The van der Waals surface area contributed by atoms with Crippen LogP contribution in [0.4, 0.5) is 0 Å². The highest BCUT2D eigenvalue weighted by molar-refractivity contribution is 5.93. The zero-order chi connectivity index (χ0) is 14.3. The zero-order valence-electron chi connectivity index (χ0n) is 10.6. The van der Waals surface area contributed by atoms with Crippen LogP contribution in [-0.2, 0) is 28.7 Å². The summed E-state index contributed by atoms with van der Waals surface area (Å²) < 4.78 is 8.92. The molecule has 0 radical (unpaired) electrons. The first-order valence-electron chi connectivity index (χ1n) is 5.03. The van der Waals surface area contributed by atoms with Gasteiger partial charge in [-0.25, -0.2) is 9.59 Å². The van der Waals surface area contributed by atoms with Crippen molar-refractivity contribution in [3.63, 3.8) is 0 Å². The lowest BCUT2D eigenvalue weighted by molar-refractivity contribution is -0.154. The fourth-order valence-electron chi connectivity index (χ4n) is 1.25. The summed E-state index contributed by atoms with van der Waals surface area (Å²) in [6.07, 6.45) is 0. The second-order valence-corrected chi connectivity index (χ2v) is 3.40. The normalized spacial score (nSPS) is 12.9. The molecule has 0 aromatic heterocycles. The Bertz CT molecular complexity index is 320. The molecule has 2 amide bonds. The molecule has 0 aromatic rings. The van der Waals surface area contributed by atoms with Gasteiger partial charge in [-0.1, -0.05) is 0 Å². The van der Waals surface area contributed by atoms with Crippen molar-refractivity contribution in [1.82, 2.24) is 10.6 Å². The van der Waals surface area contributed by atoms with Crippen LogP contribution >= 0.6 is 0 Å². The Morgan fingerprint density at radius 2 is 1.06 bits per heavy atom.